The maximum atomic E-state index is 12.0. The maximum absolute atomic E-state index is 12.0. The number of hydrogen-bond donors (Lipinski definition) is 1. The van der Waals surface area contributed by atoms with Gasteiger partial charge in [0, 0.05) is 10.6 Å². The molecule has 0 bridgehead atoms. The highest BCUT2D eigenvalue weighted by atomic mass is 35.5. The SMILES string of the molecule is CCC(C)(C)NC(=O)CSc1nnnn1-c1ccc(Cl)cc1. The van der Waals surface area contributed by atoms with Crippen molar-refractivity contribution < 1.29 is 4.79 Å². The van der Waals surface area contributed by atoms with Crippen LogP contribution in [0.3, 0.4) is 0 Å². The molecule has 6 nitrogen and oxygen atoms in total. The second-order valence-electron chi connectivity index (χ2n) is 5.42. The molecule has 8 heteroatoms. The van der Waals surface area contributed by atoms with Crippen molar-refractivity contribution in [2.24, 2.45) is 0 Å². The van der Waals surface area contributed by atoms with Crippen LogP contribution in [-0.2, 0) is 4.79 Å². The minimum Gasteiger partial charge on any atom is -0.351 e. The normalized spacial score (nSPS) is 11.5. The standard InChI is InChI=1S/C14H18ClN5OS/c1-4-14(2,3)16-12(21)9-22-13-17-18-19-20(13)11-7-5-10(15)6-8-11/h5-8H,4,9H2,1-3H3,(H,16,21). The summed E-state index contributed by atoms with van der Waals surface area (Å²) in [6, 6.07) is 7.18. The summed E-state index contributed by atoms with van der Waals surface area (Å²) in [6.07, 6.45) is 0.867. The fourth-order valence-electron chi connectivity index (χ4n) is 1.65. The Morgan fingerprint density at radius 2 is 2.05 bits per heavy atom. The molecule has 0 aliphatic heterocycles. The van der Waals surface area contributed by atoms with E-state index in [4.69, 9.17) is 11.6 Å². The topological polar surface area (TPSA) is 72.7 Å². The van der Waals surface area contributed by atoms with E-state index < -0.39 is 0 Å². The molecule has 2 rings (SSSR count). The second-order valence-corrected chi connectivity index (χ2v) is 6.80. The minimum absolute atomic E-state index is 0.0393. The first-order chi connectivity index (χ1) is 10.4. The lowest BCUT2D eigenvalue weighted by molar-refractivity contribution is -0.120. The monoisotopic (exact) mass is 339 g/mol. The predicted molar refractivity (Wildman–Crippen MR) is 87.4 cm³/mol. The van der Waals surface area contributed by atoms with E-state index >= 15 is 0 Å². The van der Waals surface area contributed by atoms with Gasteiger partial charge in [-0.25, -0.2) is 0 Å². The number of halogens is 1. The van der Waals surface area contributed by atoms with Crippen molar-refractivity contribution in [2.75, 3.05) is 5.75 Å². The number of tetrazole rings is 1. The number of hydrogen-bond acceptors (Lipinski definition) is 5. The van der Waals surface area contributed by atoms with Crippen LogP contribution in [0.1, 0.15) is 27.2 Å². The third kappa shape index (κ3) is 4.45. The Balaban J connectivity index is 2.02. The van der Waals surface area contributed by atoms with Gasteiger partial charge in [0.1, 0.15) is 0 Å². The van der Waals surface area contributed by atoms with Gasteiger partial charge in [0.2, 0.25) is 11.1 Å². The van der Waals surface area contributed by atoms with Crippen LogP contribution in [0.2, 0.25) is 5.02 Å². The summed E-state index contributed by atoms with van der Waals surface area (Å²) in [5.41, 5.74) is 0.589. The van der Waals surface area contributed by atoms with Gasteiger partial charge in [-0.15, -0.1) is 5.10 Å². The summed E-state index contributed by atoms with van der Waals surface area (Å²) in [4.78, 5) is 12.0. The molecule has 1 aromatic carbocycles. The van der Waals surface area contributed by atoms with Crippen LogP contribution in [0.5, 0.6) is 0 Å². The lowest BCUT2D eigenvalue weighted by atomic mass is 10.0. The number of nitrogens with one attached hydrogen (secondary N) is 1. The van der Waals surface area contributed by atoms with Gasteiger partial charge in [-0.05, 0) is 55.0 Å². The Hall–Kier alpha value is -1.60. The third-order valence-corrected chi connectivity index (χ3v) is 4.38. The van der Waals surface area contributed by atoms with Gasteiger partial charge in [0.15, 0.2) is 0 Å². The molecule has 0 saturated carbocycles. The van der Waals surface area contributed by atoms with E-state index in [0.29, 0.717) is 10.2 Å². The molecule has 0 radical (unpaired) electrons. The number of thioether (sulfide) groups is 1. The minimum atomic E-state index is -0.209. The van der Waals surface area contributed by atoms with Crippen LogP contribution in [0.4, 0.5) is 0 Å². The van der Waals surface area contributed by atoms with Crippen molar-refractivity contribution in [3.05, 3.63) is 29.3 Å². The average molecular weight is 340 g/mol. The summed E-state index contributed by atoms with van der Waals surface area (Å²) >= 11 is 7.17. The van der Waals surface area contributed by atoms with Crippen molar-refractivity contribution in [1.82, 2.24) is 25.5 Å². The molecule has 0 saturated heterocycles. The van der Waals surface area contributed by atoms with Crippen molar-refractivity contribution in [3.63, 3.8) is 0 Å². The number of aromatic nitrogens is 4. The first kappa shape index (κ1) is 16.8. The molecule has 1 amide bonds. The van der Waals surface area contributed by atoms with Gasteiger partial charge < -0.3 is 5.32 Å². The molecule has 118 valence electrons. The molecule has 1 heterocycles. The average Bonchev–Trinajstić information content (AvgIpc) is 2.94. The zero-order valence-electron chi connectivity index (χ0n) is 12.7. The summed E-state index contributed by atoms with van der Waals surface area (Å²) in [7, 11) is 0. The number of amides is 1. The van der Waals surface area contributed by atoms with Crippen LogP contribution in [-0.4, -0.2) is 37.4 Å². The number of benzene rings is 1. The molecule has 2 aromatic rings. The number of carbonyl (C=O) groups is 1. The van der Waals surface area contributed by atoms with Crippen molar-refractivity contribution in [3.8, 4) is 5.69 Å². The van der Waals surface area contributed by atoms with Gasteiger partial charge in [-0.1, -0.05) is 30.3 Å². The van der Waals surface area contributed by atoms with Gasteiger partial charge in [-0.2, -0.15) is 4.68 Å². The zero-order chi connectivity index (χ0) is 16.2. The van der Waals surface area contributed by atoms with E-state index in [2.05, 4.69) is 20.8 Å². The summed E-state index contributed by atoms with van der Waals surface area (Å²) in [5.74, 6) is 0.222. The largest absolute Gasteiger partial charge is 0.351 e. The van der Waals surface area contributed by atoms with E-state index in [-0.39, 0.29) is 17.2 Å². The van der Waals surface area contributed by atoms with Crippen molar-refractivity contribution in [2.45, 2.75) is 37.9 Å². The summed E-state index contributed by atoms with van der Waals surface area (Å²) < 4.78 is 1.58. The Morgan fingerprint density at radius 3 is 2.68 bits per heavy atom. The Labute approximate surface area is 138 Å². The molecule has 0 unspecified atom stereocenters. The quantitative estimate of drug-likeness (QED) is 0.819. The molecular formula is C14H18ClN5OS. The first-order valence-electron chi connectivity index (χ1n) is 6.89. The molecule has 0 spiro atoms. The zero-order valence-corrected chi connectivity index (χ0v) is 14.3. The molecule has 0 fully saturated rings. The van der Waals surface area contributed by atoms with Crippen LogP contribution in [0, 0.1) is 0 Å². The molecule has 1 aromatic heterocycles. The Kier molecular flexibility index (Phi) is 5.42. The molecule has 1 N–H and O–H groups in total. The van der Waals surface area contributed by atoms with Gasteiger partial charge in [0.05, 0.1) is 11.4 Å². The van der Waals surface area contributed by atoms with Crippen molar-refractivity contribution >= 4 is 29.3 Å². The van der Waals surface area contributed by atoms with E-state index in [9.17, 15) is 4.79 Å². The van der Waals surface area contributed by atoms with Crippen LogP contribution in [0.25, 0.3) is 5.69 Å². The molecule has 0 aliphatic rings. The number of rotatable bonds is 6. The highest BCUT2D eigenvalue weighted by Crippen LogP contribution is 2.19. The fourth-order valence-corrected chi connectivity index (χ4v) is 2.46. The molecule has 0 aliphatic carbocycles. The van der Waals surface area contributed by atoms with E-state index in [0.717, 1.165) is 12.1 Å². The van der Waals surface area contributed by atoms with Crippen LogP contribution >= 0.6 is 23.4 Å². The van der Waals surface area contributed by atoms with Crippen LogP contribution < -0.4 is 5.32 Å². The Morgan fingerprint density at radius 1 is 1.36 bits per heavy atom. The van der Waals surface area contributed by atoms with Crippen LogP contribution in [0.15, 0.2) is 29.4 Å². The molecule has 22 heavy (non-hydrogen) atoms. The van der Waals surface area contributed by atoms with E-state index in [1.807, 2.05) is 32.9 Å². The lowest BCUT2D eigenvalue weighted by Gasteiger charge is -2.24. The van der Waals surface area contributed by atoms with Crippen molar-refractivity contribution in [1.29, 1.82) is 0 Å². The molecule has 0 atom stereocenters. The smallest absolute Gasteiger partial charge is 0.230 e. The number of carbonyl (C=O) groups excluding carboxylic acids is 1. The predicted octanol–water partition coefficient (Wildman–Crippen LogP) is 2.71. The Bertz CT molecular complexity index is 641. The maximum Gasteiger partial charge on any atom is 0.230 e. The summed E-state index contributed by atoms with van der Waals surface area (Å²) in [5, 5.41) is 15.8. The number of nitrogens with zero attached hydrogens (tertiary/aromatic N) is 4. The van der Waals surface area contributed by atoms with E-state index in [1.54, 1.807) is 16.8 Å². The fraction of sp³-hybridized carbons (Fsp3) is 0.429. The molecular weight excluding hydrogens is 322 g/mol. The van der Waals surface area contributed by atoms with Gasteiger partial charge in [-0.3, -0.25) is 4.79 Å². The highest BCUT2D eigenvalue weighted by molar-refractivity contribution is 7.99. The summed E-state index contributed by atoms with van der Waals surface area (Å²) in [6.45, 7) is 6.02. The lowest BCUT2D eigenvalue weighted by Crippen LogP contribution is -2.43. The van der Waals surface area contributed by atoms with Gasteiger partial charge >= 0.3 is 0 Å². The first-order valence-corrected chi connectivity index (χ1v) is 8.26. The van der Waals surface area contributed by atoms with Gasteiger partial charge in [0.25, 0.3) is 0 Å². The third-order valence-electron chi connectivity index (χ3n) is 3.21. The highest BCUT2D eigenvalue weighted by Gasteiger charge is 2.19. The second kappa shape index (κ2) is 7.11. The van der Waals surface area contributed by atoms with E-state index in [1.165, 1.54) is 11.8 Å².